The molecule has 0 spiro atoms. The standard InChI is InChI=1S/C15H15NO/c17-15-9-14(10-15)12-3-1-11(2-4-12)13-5-7-16-8-6-13/h1-8,14-15,17H,9-10H2. The van der Waals surface area contributed by atoms with Gasteiger partial charge in [-0.1, -0.05) is 24.3 Å². The normalized spacial score (nSPS) is 23.1. The van der Waals surface area contributed by atoms with Crippen molar-refractivity contribution in [1.82, 2.24) is 4.98 Å². The molecule has 1 heterocycles. The van der Waals surface area contributed by atoms with Crippen molar-refractivity contribution in [3.8, 4) is 11.1 Å². The van der Waals surface area contributed by atoms with Crippen molar-refractivity contribution in [3.63, 3.8) is 0 Å². The zero-order valence-corrected chi connectivity index (χ0v) is 9.58. The molecule has 0 aliphatic heterocycles. The third kappa shape index (κ3) is 2.08. The Labute approximate surface area is 101 Å². The fourth-order valence-electron chi connectivity index (χ4n) is 2.35. The molecule has 1 fully saturated rings. The molecule has 0 unspecified atom stereocenters. The molecule has 2 aromatic rings. The summed E-state index contributed by atoms with van der Waals surface area (Å²) < 4.78 is 0. The van der Waals surface area contributed by atoms with Crippen LogP contribution in [0.2, 0.25) is 0 Å². The van der Waals surface area contributed by atoms with E-state index in [0.29, 0.717) is 5.92 Å². The maximum absolute atomic E-state index is 9.31. The van der Waals surface area contributed by atoms with Crippen LogP contribution in [0.5, 0.6) is 0 Å². The Hall–Kier alpha value is -1.67. The summed E-state index contributed by atoms with van der Waals surface area (Å²) in [7, 11) is 0. The second-order valence-electron chi connectivity index (χ2n) is 4.68. The summed E-state index contributed by atoms with van der Waals surface area (Å²) >= 11 is 0. The highest BCUT2D eigenvalue weighted by atomic mass is 16.3. The van der Waals surface area contributed by atoms with Crippen molar-refractivity contribution in [2.75, 3.05) is 0 Å². The van der Waals surface area contributed by atoms with Crippen molar-refractivity contribution in [3.05, 3.63) is 54.4 Å². The van der Waals surface area contributed by atoms with Gasteiger partial charge in [-0.2, -0.15) is 0 Å². The third-order valence-corrected chi connectivity index (χ3v) is 3.51. The summed E-state index contributed by atoms with van der Waals surface area (Å²) in [6.45, 7) is 0. The first-order valence-corrected chi connectivity index (χ1v) is 6.01. The second-order valence-corrected chi connectivity index (χ2v) is 4.68. The van der Waals surface area contributed by atoms with Crippen molar-refractivity contribution < 1.29 is 5.11 Å². The fraction of sp³-hybridized carbons (Fsp3) is 0.267. The Balaban J connectivity index is 1.81. The van der Waals surface area contributed by atoms with E-state index in [9.17, 15) is 5.11 Å². The van der Waals surface area contributed by atoms with Crippen LogP contribution in [0.3, 0.4) is 0 Å². The smallest absolute Gasteiger partial charge is 0.0552 e. The largest absolute Gasteiger partial charge is 0.393 e. The van der Waals surface area contributed by atoms with Gasteiger partial charge in [0, 0.05) is 12.4 Å². The molecule has 3 rings (SSSR count). The lowest BCUT2D eigenvalue weighted by molar-refractivity contribution is 0.0746. The van der Waals surface area contributed by atoms with Gasteiger partial charge in [-0.3, -0.25) is 4.98 Å². The molecule has 1 aromatic heterocycles. The van der Waals surface area contributed by atoms with Gasteiger partial charge in [0.15, 0.2) is 0 Å². The molecule has 0 bridgehead atoms. The van der Waals surface area contributed by atoms with Gasteiger partial charge < -0.3 is 5.11 Å². The minimum atomic E-state index is -0.0834. The summed E-state index contributed by atoms with van der Waals surface area (Å²) in [6, 6.07) is 12.7. The lowest BCUT2D eigenvalue weighted by Gasteiger charge is -2.31. The Kier molecular flexibility index (Phi) is 2.65. The fourth-order valence-corrected chi connectivity index (χ4v) is 2.35. The van der Waals surface area contributed by atoms with Crippen LogP contribution in [0.1, 0.15) is 24.3 Å². The van der Waals surface area contributed by atoms with Crippen LogP contribution in [0.4, 0.5) is 0 Å². The first-order chi connectivity index (χ1) is 8.33. The molecule has 0 amide bonds. The summed E-state index contributed by atoms with van der Waals surface area (Å²) in [4.78, 5) is 4.02. The van der Waals surface area contributed by atoms with Gasteiger partial charge in [-0.05, 0) is 47.6 Å². The van der Waals surface area contributed by atoms with Crippen molar-refractivity contribution in [1.29, 1.82) is 0 Å². The lowest BCUT2D eigenvalue weighted by Crippen LogP contribution is -2.26. The van der Waals surface area contributed by atoms with E-state index in [0.717, 1.165) is 12.8 Å². The average Bonchev–Trinajstić information content (AvgIpc) is 2.36. The molecule has 2 nitrogen and oxygen atoms in total. The molecule has 1 aliphatic carbocycles. The molecule has 17 heavy (non-hydrogen) atoms. The molecule has 2 heteroatoms. The lowest BCUT2D eigenvalue weighted by atomic mass is 9.77. The number of nitrogens with zero attached hydrogens (tertiary/aromatic N) is 1. The van der Waals surface area contributed by atoms with Gasteiger partial charge in [-0.25, -0.2) is 0 Å². The Morgan fingerprint density at radius 3 is 2.06 bits per heavy atom. The van der Waals surface area contributed by atoms with Gasteiger partial charge in [0.2, 0.25) is 0 Å². The van der Waals surface area contributed by atoms with Gasteiger partial charge >= 0.3 is 0 Å². The Morgan fingerprint density at radius 1 is 0.882 bits per heavy atom. The predicted octanol–water partition coefficient (Wildman–Crippen LogP) is 2.99. The Morgan fingerprint density at radius 2 is 1.47 bits per heavy atom. The Bertz CT molecular complexity index is 486. The zero-order chi connectivity index (χ0) is 11.7. The van der Waals surface area contributed by atoms with E-state index in [1.807, 2.05) is 24.5 Å². The number of aromatic nitrogens is 1. The van der Waals surface area contributed by atoms with Gasteiger partial charge in [0.05, 0.1) is 6.10 Å². The minimum Gasteiger partial charge on any atom is -0.393 e. The predicted molar refractivity (Wildman–Crippen MR) is 67.7 cm³/mol. The van der Waals surface area contributed by atoms with Crippen molar-refractivity contribution in [2.24, 2.45) is 0 Å². The first kappa shape index (κ1) is 10.5. The summed E-state index contributed by atoms with van der Waals surface area (Å²) in [5.41, 5.74) is 3.75. The van der Waals surface area contributed by atoms with E-state index in [1.54, 1.807) is 0 Å². The maximum Gasteiger partial charge on any atom is 0.0552 e. The zero-order valence-electron chi connectivity index (χ0n) is 9.58. The summed E-state index contributed by atoms with van der Waals surface area (Å²) in [5, 5.41) is 9.31. The molecule has 1 saturated carbocycles. The third-order valence-electron chi connectivity index (χ3n) is 3.51. The van der Waals surface area contributed by atoms with Crippen LogP contribution in [0, 0.1) is 0 Å². The number of rotatable bonds is 2. The number of hydrogen-bond acceptors (Lipinski definition) is 2. The molecular weight excluding hydrogens is 210 g/mol. The molecule has 86 valence electrons. The number of hydrogen-bond donors (Lipinski definition) is 1. The molecule has 1 aliphatic rings. The number of aliphatic hydroxyl groups excluding tert-OH is 1. The quantitative estimate of drug-likeness (QED) is 0.852. The molecule has 0 atom stereocenters. The average molecular weight is 225 g/mol. The summed E-state index contributed by atoms with van der Waals surface area (Å²) in [6.07, 6.45) is 5.36. The van der Waals surface area contributed by atoms with Gasteiger partial charge in [-0.15, -0.1) is 0 Å². The maximum atomic E-state index is 9.31. The highest BCUT2D eigenvalue weighted by molar-refractivity contribution is 5.63. The van der Waals surface area contributed by atoms with Crippen LogP contribution in [0.25, 0.3) is 11.1 Å². The minimum absolute atomic E-state index is 0.0834. The number of benzene rings is 1. The monoisotopic (exact) mass is 225 g/mol. The van der Waals surface area contributed by atoms with Crippen molar-refractivity contribution in [2.45, 2.75) is 24.9 Å². The highest BCUT2D eigenvalue weighted by Gasteiger charge is 2.28. The molecule has 1 N–H and O–H groups in total. The number of aliphatic hydroxyl groups is 1. The van der Waals surface area contributed by atoms with Gasteiger partial charge in [0.25, 0.3) is 0 Å². The van der Waals surface area contributed by atoms with Crippen LogP contribution in [0.15, 0.2) is 48.8 Å². The van der Waals surface area contributed by atoms with E-state index in [4.69, 9.17) is 0 Å². The summed E-state index contributed by atoms with van der Waals surface area (Å²) in [5.74, 6) is 0.552. The number of pyridine rings is 1. The van der Waals surface area contributed by atoms with Crippen LogP contribution >= 0.6 is 0 Å². The van der Waals surface area contributed by atoms with Crippen LogP contribution < -0.4 is 0 Å². The second kappa shape index (κ2) is 4.30. The van der Waals surface area contributed by atoms with Crippen molar-refractivity contribution >= 4 is 0 Å². The van der Waals surface area contributed by atoms with Gasteiger partial charge in [0.1, 0.15) is 0 Å². The SMILES string of the molecule is OC1CC(c2ccc(-c3ccncc3)cc2)C1. The van der Waals surface area contributed by atoms with E-state index in [1.165, 1.54) is 16.7 Å². The molecule has 0 saturated heterocycles. The van der Waals surface area contributed by atoms with Crippen LogP contribution in [-0.4, -0.2) is 16.2 Å². The van der Waals surface area contributed by atoms with E-state index in [2.05, 4.69) is 29.2 Å². The molecule has 1 aromatic carbocycles. The molecular formula is C15H15NO. The van der Waals surface area contributed by atoms with E-state index >= 15 is 0 Å². The van der Waals surface area contributed by atoms with E-state index in [-0.39, 0.29) is 6.10 Å². The molecule has 0 radical (unpaired) electrons. The first-order valence-electron chi connectivity index (χ1n) is 6.01. The van der Waals surface area contributed by atoms with Crippen LogP contribution in [-0.2, 0) is 0 Å². The highest BCUT2D eigenvalue weighted by Crippen LogP contribution is 2.37. The topological polar surface area (TPSA) is 33.1 Å². The van der Waals surface area contributed by atoms with E-state index < -0.39 is 0 Å².